The Morgan fingerprint density at radius 2 is 2.18 bits per heavy atom. The third-order valence-corrected chi connectivity index (χ3v) is 1.93. The Morgan fingerprint density at radius 3 is 2.59 bits per heavy atom. The monoisotopic (exact) mass is 238 g/mol. The first-order valence-electron chi connectivity index (χ1n) is 4.24. The zero-order valence-electron chi connectivity index (χ0n) is 8.22. The largest absolute Gasteiger partial charge is 0.314 e. The number of hydrogen-bond donors (Lipinski definition) is 0. The first-order chi connectivity index (χ1) is 8.02. The van der Waals surface area contributed by atoms with E-state index in [2.05, 4.69) is 4.98 Å². The van der Waals surface area contributed by atoms with Crippen molar-refractivity contribution in [1.82, 2.24) is 4.98 Å². The number of pyridine rings is 1. The van der Waals surface area contributed by atoms with Gasteiger partial charge in [-0.05, 0) is 0 Å². The van der Waals surface area contributed by atoms with E-state index in [1.807, 2.05) is 0 Å². The molecule has 1 rings (SSSR count). The maximum absolute atomic E-state index is 12.5. The smallest absolute Gasteiger partial charge is 0.258 e. The molecule has 0 fully saturated rings. The molecule has 17 heavy (non-hydrogen) atoms. The molecule has 0 aliphatic rings. The van der Waals surface area contributed by atoms with E-state index in [9.17, 15) is 18.9 Å². The quantitative estimate of drug-likeness (QED) is 0.590. The van der Waals surface area contributed by atoms with Gasteiger partial charge in [-0.3, -0.25) is 10.1 Å². The number of hydrogen-bond acceptors (Lipinski definition) is 5. The molecule has 1 heterocycles. The molecule has 0 N–H and O–H groups in total. The van der Waals surface area contributed by atoms with Gasteiger partial charge >= 0.3 is 5.69 Å². The van der Waals surface area contributed by atoms with Gasteiger partial charge in [0.15, 0.2) is 5.69 Å². The fourth-order valence-electron chi connectivity index (χ4n) is 1.24. The lowest BCUT2D eigenvalue weighted by molar-refractivity contribution is -0.386. The Hall–Kier alpha value is -2.61. The van der Waals surface area contributed by atoms with Crippen molar-refractivity contribution < 1.29 is 13.7 Å². The minimum atomic E-state index is -3.15. The van der Waals surface area contributed by atoms with Crippen LogP contribution in [0.25, 0.3) is 0 Å². The van der Waals surface area contributed by atoms with Crippen molar-refractivity contribution >= 4 is 5.69 Å². The minimum Gasteiger partial charge on any atom is -0.258 e. The molecule has 0 radical (unpaired) electrons. The standard InChI is InChI=1S/C9H4F2N4O2/c10-9(11)7-8(15(16)17)6(3-13)5(1-2-12)4-14-7/h4,9H,1H2. The lowest BCUT2D eigenvalue weighted by Crippen LogP contribution is -2.05. The average Bonchev–Trinajstić information content (AvgIpc) is 2.28. The second kappa shape index (κ2) is 4.94. The Labute approximate surface area is 93.9 Å². The number of nitro groups is 1. The second-order valence-corrected chi connectivity index (χ2v) is 2.90. The molecule has 0 aliphatic heterocycles. The molecule has 0 saturated carbocycles. The van der Waals surface area contributed by atoms with Gasteiger partial charge < -0.3 is 0 Å². The summed E-state index contributed by atoms with van der Waals surface area (Å²) >= 11 is 0. The van der Waals surface area contributed by atoms with Crippen molar-refractivity contribution in [2.45, 2.75) is 12.8 Å². The first-order valence-corrected chi connectivity index (χ1v) is 4.24. The third kappa shape index (κ3) is 2.32. The zero-order valence-corrected chi connectivity index (χ0v) is 8.22. The van der Waals surface area contributed by atoms with Crippen LogP contribution in [0.4, 0.5) is 14.5 Å². The van der Waals surface area contributed by atoms with Gasteiger partial charge in [-0.1, -0.05) is 0 Å². The fourth-order valence-corrected chi connectivity index (χ4v) is 1.24. The van der Waals surface area contributed by atoms with Gasteiger partial charge in [0.2, 0.25) is 0 Å². The summed E-state index contributed by atoms with van der Waals surface area (Å²) in [5, 5.41) is 27.8. The van der Waals surface area contributed by atoms with Gasteiger partial charge in [0, 0.05) is 11.8 Å². The van der Waals surface area contributed by atoms with E-state index in [0.717, 1.165) is 6.20 Å². The Bertz CT molecular complexity index is 545. The number of nitrogens with zero attached hydrogens (tertiary/aromatic N) is 4. The highest BCUT2D eigenvalue weighted by atomic mass is 19.3. The molecule has 0 aliphatic carbocycles. The number of nitriles is 2. The Balaban J connectivity index is 3.58. The lowest BCUT2D eigenvalue weighted by atomic mass is 10.1. The average molecular weight is 238 g/mol. The topological polar surface area (TPSA) is 104 Å². The van der Waals surface area contributed by atoms with Crippen LogP contribution < -0.4 is 0 Å². The van der Waals surface area contributed by atoms with Gasteiger partial charge in [-0.15, -0.1) is 0 Å². The van der Waals surface area contributed by atoms with Crippen LogP contribution >= 0.6 is 0 Å². The van der Waals surface area contributed by atoms with E-state index in [4.69, 9.17) is 10.5 Å². The van der Waals surface area contributed by atoms with Gasteiger partial charge in [0.25, 0.3) is 6.43 Å². The first kappa shape index (κ1) is 12.5. The predicted octanol–water partition coefficient (Wildman–Crippen LogP) is 1.87. The number of aromatic nitrogens is 1. The fraction of sp³-hybridized carbons (Fsp3) is 0.222. The molecular weight excluding hydrogens is 234 g/mol. The summed E-state index contributed by atoms with van der Waals surface area (Å²) in [5.41, 5.74) is -2.67. The van der Waals surface area contributed by atoms with Gasteiger partial charge in [-0.25, -0.2) is 13.8 Å². The van der Waals surface area contributed by atoms with Crippen molar-refractivity contribution in [3.05, 3.63) is 33.1 Å². The van der Waals surface area contributed by atoms with E-state index in [-0.39, 0.29) is 12.0 Å². The number of rotatable bonds is 3. The second-order valence-electron chi connectivity index (χ2n) is 2.90. The van der Waals surface area contributed by atoms with Gasteiger partial charge in [0.1, 0.15) is 11.6 Å². The van der Waals surface area contributed by atoms with Crippen molar-refractivity contribution in [3.63, 3.8) is 0 Å². The van der Waals surface area contributed by atoms with Crippen LogP contribution in [0.1, 0.15) is 23.2 Å². The lowest BCUT2D eigenvalue weighted by Gasteiger charge is -2.04. The maximum atomic E-state index is 12.5. The normalized spacial score (nSPS) is 9.71. The van der Waals surface area contributed by atoms with Gasteiger partial charge in [-0.2, -0.15) is 10.5 Å². The number of alkyl halides is 2. The van der Waals surface area contributed by atoms with Crippen molar-refractivity contribution in [3.8, 4) is 12.1 Å². The highest BCUT2D eigenvalue weighted by Crippen LogP contribution is 2.31. The summed E-state index contributed by atoms with van der Waals surface area (Å²) in [6, 6.07) is 3.13. The van der Waals surface area contributed by atoms with Crippen molar-refractivity contribution in [2.75, 3.05) is 0 Å². The molecule has 0 atom stereocenters. The van der Waals surface area contributed by atoms with Crippen LogP contribution in [0.15, 0.2) is 6.20 Å². The highest BCUT2D eigenvalue weighted by molar-refractivity contribution is 5.56. The van der Waals surface area contributed by atoms with E-state index in [1.165, 1.54) is 6.07 Å². The molecule has 86 valence electrons. The summed E-state index contributed by atoms with van der Waals surface area (Å²) in [7, 11) is 0. The van der Waals surface area contributed by atoms with Crippen molar-refractivity contribution in [2.24, 2.45) is 0 Å². The van der Waals surface area contributed by atoms with Crippen LogP contribution in [-0.2, 0) is 6.42 Å². The molecule has 0 saturated heterocycles. The third-order valence-electron chi connectivity index (χ3n) is 1.93. The van der Waals surface area contributed by atoms with E-state index < -0.39 is 28.3 Å². The molecule has 0 bridgehead atoms. The molecule has 0 unspecified atom stereocenters. The Kier molecular flexibility index (Phi) is 3.62. The zero-order chi connectivity index (χ0) is 13.0. The van der Waals surface area contributed by atoms with E-state index in [0.29, 0.717) is 0 Å². The summed E-state index contributed by atoms with van der Waals surface area (Å²) in [5.74, 6) is 0. The summed E-state index contributed by atoms with van der Waals surface area (Å²) in [6.07, 6.45) is -2.57. The molecule has 0 spiro atoms. The predicted molar refractivity (Wildman–Crippen MR) is 49.9 cm³/mol. The molecule has 8 heteroatoms. The van der Waals surface area contributed by atoms with Crippen LogP contribution in [-0.4, -0.2) is 9.91 Å². The van der Waals surface area contributed by atoms with Crippen LogP contribution in [0.2, 0.25) is 0 Å². The van der Waals surface area contributed by atoms with E-state index in [1.54, 1.807) is 6.07 Å². The van der Waals surface area contributed by atoms with Gasteiger partial charge in [0.05, 0.1) is 17.4 Å². The van der Waals surface area contributed by atoms with Crippen molar-refractivity contribution in [1.29, 1.82) is 10.5 Å². The Morgan fingerprint density at radius 1 is 1.53 bits per heavy atom. The molecule has 0 amide bonds. The molecular formula is C9H4F2N4O2. The molecule has 0 aromatic carbocycles. The van der Waals surface area contributed by atoms with Crippen LogP contribution in [0.5, 0.6) is 0 Å². The highest BCUT2D eigenvalue weighted by Gasteiger charge is 2.29. The summed E-state index contributed by atoms with van der Waals surface area (Å²) in [4.78, 5) is 12.8. The molecule has 1 aromatic heterocycles. The summed E-state index contributed by atoms with van der Waals surface area (Å²) < 4.78 is 25.0. The SMILES string of the molecule is N#CCc1cnc(C(F)F)c([N+](=O)[O-])c1C#N. The molecule has 6 nitrogen and oxygen atoms in total. The van der Waals surface area contributed by atoms with Crippen LogP contribution in [0, 0.1) is 32.8 Å². The maximum Gasteiger partial charge on any atom is 0.314 e. The van der Waals surface area contributed by atoms with E-state index >= 15 is 0 Å². The minimum absolute atomic E-state index is 0.0360. The van der Waals surface area contributed by atoms with Crippen LogP contribution in [0.3, 0.4) is 0 Å². The molecule has 1 aromatic rings. The number of halogens is 2. The summed E-state index contributed by atoms with van der Waals surface area (Å²) in [6.45, 7) is 0.